The fraction of sp³-hybridized carbons (Fsp3) is 0.522. The van der Waals surface area contributed by atoms with E-state index in [1.165, 1.54) is 6.33 Å². The zero-order chi connectivity index (χ0) is 22.5. The number of benzene rings is 1. The van der Waals surface area contributed by atoms with Crippen molar-refractivity contribution in [1.82, 2.24) is 25.1 Å². The molecule has 1 aromatic heterocycles. The number of likely N-dealkylation sites (tertiary alicyclic amines) is 1. The molecule has 2 aromatic rings. The lowest BCUT2D eigenvalue weighted by Crippen LogP contribution is -2.52. The Morgan fingerprint density at radius 1 is 1.12 bits per heavy atom. The van der Waals surface area contributed by atoms with Gasteiger partial charge in [0.05, 0.1) is 10.0 Å². The third-order valence-electron chi connectivity index (χ3n) is 6.40. The van der Waals surface area contributed by atoms with Crippen molar-refractivity contribution in [2.45, 2.75) is 32.2 Å². The normalized spacial score (nSPS) is 18.0. The number of carbonyl (C=O) groups excluding carboxylic acids is 1. The Kier molecular flexibility index (Phi) is 7.84. The van der Waals surface area contributed by atoms with Crippen LogP contribution in [0.5, 0.6) is 0 Å². The third kappa shape index (κ3) is 5.52. The van der Waals surface area contributed by atoms with Crippen LogP contribution in [0.15, 0.2) is 24.5 Å². The molecule has 2 saturated heterocycles. The standard InChI is InChI=1S/C23H30Cl2N6O/c1-16-21(23(32)31-10-5-18(6-11-31)30-12-8-26-9-13-30)28-15-29-22(16)27-7-4-17-2-3-19(24)20(25)14-17/h2-3,14-15,18,26H,4-13H2,1H3,(H,27,28,29). The van der Waals surface area contributed by atoms with Crippen LogP contribution in [0, 0.1) is 6.92 Å². The highest BCUT2D eigenvalue weighted by Crippen LogP contribution is 2.24. The number of anilines is 1. The van der Waals surface area contributed by atoms with Crippen molar-refractivity contribution in [3.63, 3.8) is 0 Å². The van der Waals surface area contributed by atoms with Crippen LogP contribution in [0.2, 0.25) is 10.0 Å². The van der Waals surface area contributed by atoms with Crippen molar-refractivity contribution in [2.24, 2.45) is 0 Å². The van der Waals surface area contributed by atoms with E-state index in [1.807, 2.05) is 24.0 Å². The van der Waals surface area contributed by atoms with Gasteiger partial charge < -0.3 is 15.5 Å². The molecule has 9 heteroatoms. The van der Waals surface area contributed by atoms with Crippen LogP contribution in [0.25, 0.3) is 0 Å². The first-order chi connectivity index (χ1) is 15.5. The summed E-state index contributed by atoms with van der Waals surface area (Å²) in [6, 6.07) is 6.21. The van der Waals surface area contributed by atoms with Crippen molar-refractivity contribution >= 4 is 34.9 Å². The molecule has 3 heterocycles. The van der Waals surface area contributed by atoms with E-state index in [-0.39, 0.29) is 5.91 Å². The third-order valence-corrected chi connectivity index (χ3v) is 7.14. The number of piperazine rings is 1. The summed E-state index contributed by atoms with van der Waals surface area (Å²) >= 11 is 12.1. The zero-order valence-electron chi connectivity index (χ0n) is 18.4. The van der Waals surface area contributed by atoms with E-state index in [0.717, 1.165) is 69.7 Å². The highest BCUT2D eigenvalue weighted by atomic mass is 35.5. The van der Waals surface area contributed by atoms with Gasteiger partial charge in [-0.25, -0.2) is 9.97 Å². The molecule has 7 nitrogen and oxygen atoms in total. The molecule has 0 bridgehead atoms. The molecule has 0 aliphatic carbocycles. The van der Waals surface area contributed by atoms with Gasteiger partial charge in [0.15, 0.2) is 0 Å². The summed E-state index contributed by atoms with van der Waals surface area (Å²) < 4.78 is 0. The number of halogens is 2. The molecule has 2 N–H and O–H groups in total. The first kappa shape index (κ1) is 23.2. The number of rotatable bonds is 6. The summed E-state index contributed by atoms with van der Waals surface area (Å²) in [6.45, 7) is 8.43. The summed E-state index contributed by atoms with van der Waals surface area (Å²) in [4.78, 5) is 26.3. The topological polar surface area (TPSA) is 73.4 Å². The molecule has 0 unspecified atom stereocenters. The number of hydrogen-bond acceptors (Lipinski definition) is 6. The van der Waals surface area contributed by atoms with Gasteiger partial charge in [-0.05, 0) is 43.9 Å². The molecule has 1 aromatic carbocycles. The Hall–Kier alpha value is -1.93. The van der Waals surface area contributed by atoms with Crippen LogP contribution in [-0.2, 0) is 6.42 Å². The molecule has 0 atom stereocenters. The minimum Gasteiger partial charge on any atom is -0.369 e. The molecule has 2 aliphatic rings. The molecular weight excluding hydrogens is 447 g/mol. The van der Waals surface area contributed by atoms with Crippen LogP contribution in [0.1, 0.15) is 34.5 Å². The molecule has 4 rings (SSSR count). The van der Waals surface area contributed by atoms with Crippen molar-refractivity contribution in [3.8, 4) is 0 Å². The number of amides is 1. The smallest absolute Gasteiger partial charge is 0.272 e. The lowest BCUT2D eigenvalue weighted by molar-refractivity contribution is 0.0595. The van der Waals surface area contributed by atoms with Gasteiger partial charge in [0.2, 0.25) is 0 Å². The summed E-state index contributed by atoms with van der Waals surface area (Å²) in [6.07, 6.45) is 4.27. The largest absolute Gasteiger partial charge is 0.369 e. The van der Waals surface area contributed by atoms with Gasteiger partial charge in [-0.15, -0.1) is 0 Å². The van der Waals surface area contributed by atoms with Crippen LogP contribution in [-0.4, -0.2) is 77.5 Å². The lowest BCUT2D eigenvalue weighted by Gasteiger charge is -2.40. The minimum atomic E-state index is -0.00352. The van der Waals surface area contributed by atoms with E-state index in [1.54, 1.807) is 6.07 Å². The lowest BCUT2D eigenvalue weighted by atomic mass is 10.0. The quantitative estimate of drug-likeness (QED) is 0.666. The second-order valence-electron chi connectivity index (χ2n) is 8.43. The molecule has 0 radical (unpaired) electrons. The highest BCUT2D eigenvalue weighted by molar-refractivity contribution is 6.42. The van der Waals surface area contributed by atoms with Crippen molar-refractivity contribution in [2.75, 3.05) is 51.1 Å². The summed E-state index contributed by atoms with van der Waals surface area (Å²) in [5, 5.41) is 7.84. The van der Waals surface area contributed by atoms with E-state index in [9.17, 15) is 4.79 Å². The van der Waals surface area contributed by atoms with Crippen LogP contribution in [0.3, 0.4) is 0 Å². The van der Waals surface area contributed by atoms with Gasteiger partial charge in [0.25, 0.3) is 5.91 Å². The Morgan fingerprint density at radius 3 is 2.59 bits per heavy atom. The van der Waals surface area contributed by atoms with E-state index < -0.39 is 0 Å². The summed E-state index contributed by atoms with van der Waals surface area (Å²) in [5.74, 6) is 0.690. The maximum Gasteiger partial charge on any atom is 0.272 e. The highest BCUT2D eigenvalue weighted by Gasteiger charge is 2.29. The Labute approximate surface area is 199 Å². The number of piperidine rings is 1. The predicted molar refractivity (Wildman–Crippen MR) is 129 cm³/mol. The predicted octanol–water partition coefficient (Wildman–Crippen LogP) is 3.26. The van der Waals surface area contributed by atoms with Crippen LogP contribution < -0.4 is 10.6 Å². The number of aromatic nitrogens is 2. The van der Waals surface area contributed by atoms with Crippen molar-refractivity contribution < 1.29 is 4.79 Å². The van der Waals surface area contributed by atoms with E-state index in [2.05, 4.69) is 25.5 Å². The van der Waals surface area contributed by atoms with E-state index >= 15 is 0 Å². The molecule has 2 fully saturated rings. The van der Waals surface area contributed by atoms with Gasteiger partial charge in [-0.1, -0.05) is 29.3 Å². The molecule has 2 aliphatic heterocycles. The van der Waals surface area contributed by atoms with Crippen LogP contribution in [0.4, 0.5) is 5.82 Å². The Morgan fingerprint density at radius 2 is 1.88 bits per heavy atom. The van der Waals surface area contributed by atoms with Gasteiger partial charge in [-0.3, -0.25) is 9.69 Å². The first-order valence-corrected chi connectivity index (χ1v) is 12.0. The minimum absolute atomic E-state index is 0.00352. The molecule has 32 heavy (non-hydrogen) atoms. The molecule has 0 saturated carbocycles. The van der Waals surface area contributed by atoms with Crippen LogP contribution >= 0.6 is 23.2 Å². The first-order valence-electron chi connectivity index (χ1n) is 11.3. The molecule has 0 spiro atoms. The number of hydrogen-bond donors (Lipinski definition) is 2. The Balaban J connectivity index is 1.33. The van der Waals surface area contributed by atoms with Crippen molar-refractivity contribution in [1.29, 1.82) is 0 Å². The van der Waals surface area contributed by atoms with Gasteiger partial charge in [0, 0.05) is 57.4 Å². The molecule has 1 amide bonds. The summed E-state index contributed by atoms with van der Waals surface area (Å²) in [7, 11) is 0. The average molecular weight is 477 g/mol. The van der Waals surface area contributed by atoms with Gasteiger partial charge in [-0.2, -0.15) is 0 Å². The zero-order valence-corrected chi connectivity index (χ0v) is 19.9. The number of nitrogens with zero attached hydrogens (tertiary/aromatic N) is 4. The SMILES string of the molecule is Cc1c(NCCc2ccc(Cl)c(Cl)c2)ncnc1C(=O)N1CCC(N2CCNCC2)CC1. The fourth-order valence-electron chi connectivity index (χ4n) is 4.50. The fourth-order valence-corrected chi connectivity index (χ4v) is 4.82. The second-order valence-corrected chi connectivity index (χ2v) is 9.24. The number of carbonyl (C=O) groups is 1. The van der Waals surface area contributed by atoms with Gasteiger partial charge >= 0.3 is 0 Å². The monoisotopic (exact) mass is 476 g/mol. The van der Waals surface area contributed by atoms with Gasteiger partial charge in [0.1, 0.15) is 17.8 Å². The summed E-state index contributed by atoms with van der Waals surface area (Å²) in [5.41, 5.74) is 2.36. The maximum atomic E-state index is 13.2. The average Bonchev–Trinajstić information content (AvgIpc) is 2.83. The number of nitrogens with one attached hydrogen (secondary N) is 2. The van der Waals surface area contributed by atoms with E-state index in [0.29, 0.717) is 34.1 Å². The maximum absolute atomic E-state index is 13.2. The van der Waals surface area contributed by atoms with E-state index in [4.69, 9.17) is 23.2 Å². The molecular formula is C23H30Cl2N6O. The Bertz CT molecular complexity index is 942. The molecule has 172 valence electrons. The second kappa shape index (κ2) is 10.8. The van der Waals surface area contributed by atoms with Crippen molar-refractivity contribution in [3.05, 3.63) is 51.4 Å².